The van der Waals surface area contributed by atoms with Crippen molar-refractivity contribution < 1.29 is 28.3 Å². The van der Waals surface area contributed by atoms with E-state index in [4.69, 9.17) is 0 Å². The van der Waals surface area contributed by atoms with E-state index in [-0.39, 0.29) is 12.1 Å². The molecule has 1 unspecified atom stereocenters. The number of carbonyl (C=O) groups excluding carboxylic acids is 3. The lowest BCUT2D eigenvalue weighted by Gasteiger charge is -2.23. The van der Waals surface area contributed by atoms with E-state index in [2.05, 4.69) is 10.6 Å². The molecule has 7 nitrogen and oxygen atoms in total. The molecule has 1 saturated heterocycles. The molecule has 0 aliphatic carbocycles. The van der Waals surface area contributed by atoms with Gasteiger partial charge in [0.1, 0.15) is 12.1 Å². The molecule has 0 aromatic heterocycles. The molecular weight excluding hydrogens is 348 g/mol. The third kappa shape index (κ3) is 3.82. The molecule has 142 valence electrons. The maximum Gasteiger partial charge on any atom is 0.325 e. The van der Waals surface area contributed by atoms with Gasteiger partial charge in [-0.15, -0.1) is 0 Å². The highest BCUT2D eigenvalue weighted by atomic mass is 19.2. The van der Waals surface area contributed by atoms with Gasteiger partial charge >= 0.3 is 6.03 Å². The van der Waals surface area contributed by atoms with Crippen molar-refractivity contribution in [3.8, 4) is 0 Å². The summed E-state index contributed by atoms with van der Waals surface area (Å²) in [5.74, 6) is -3.27. The third-order valence-corrected chi connectivity index (χ3v) is 4.58. The van der Waals surface area contributed by atoms with Crippen LogP contribution >= 0.6 is 0 Å². The Morgan fingerprint density at radius 1 is 1.27 bits per heavy atom. The molecular formula is C17H21F2N3O4. The van der Waals surface area contributed by atoms with Crippen LogP contribution in [0.2, 0.25) is 0 Å². The molecule has 0 spiro atoms. The lowest BCUT2D eigenvalue weighted by atomic mass is 9.93. The summed E-state index contributed by atoms with van der Waals surface area (Å²) in [6.07, 6.45) is -0.454. The van der Waals surface area contributed by atoms with Crippen molar-refractivity contribution in [3.05, 3.63) is 35.4 Å². The van der Waals surface area contributed by atoms with Crippen molar-refractivity contribution in [2.75, 3.05) is 13.1 Å². The Labute approximate surface area is 149 Å². The minimum absolute atomic E-state index is 0.0928. The molecule has 1 aliphatic rings. The van der Waals surface area contributed by atoms with Crippen LogP contribution < -0.4 is 10.6 Å². The number of carbonyl (C=O) groups is 3. The number of imide groups is 1. The second-order valence-corrected chi connectivity index (χ2v) is 6.10. The number of aliphatic hydroxyl groups is 1. The molecule has 3 N–H and O–H groups in total. The van der Waals surface area contributed by atoms with Gasteiger partial charge in [-0.05, 0) is 30.5 Å². The molecule has 1 aromatic rings. The van der Waals surface area contributed by atoms with Crippen LogP contribution in [-0.2, 0) is 9.59 Å². The van der Waals surface area contributed by atoms with Crippen molar-refractivity contribution in [1.29, 1.82) is 0 Å². The lowest BCUT2D eigenvalue weighted by Crippen LogP contribution is -2.46. The van der Waals surface area contributed by atoms with Gasteiger partial charge in [-0.2, -0.15) is 0 Å². The van der Waals surface area contributed by atoms with Gasteiger partial charge in [0, 0.05) is 6.54 Å². The quantitative estimate of drug-likeness (QED) is 0.630. The lowest BCUT2D eigenvalue weighted by molar-refractivity contribution is -0.135. The average molecular weight is 369 g/mol. The molecule has 1 aliphatic heterocycles. The van der Waals surface area contributed by atoms with Crippen LogP contribution in [0.3, 0.4) is 0 Å². The molecule has 4 amide bonds. The predicted molar refractivity (Wildman–Crippen MR) is 87.9 cm³/mol. The smallest absolute Gasteiger partial charge is 0.325 e. The van der Waals surface area contributed by atoms with Gasteiger partial charge in [-0.25, -0.2) is 13.6 Å². The largest absolute Gasteiger partial charge is 0.387 e. The number of rotatable bonds is 7. The second-order valence-electron chi connectivity index (χ2n) is 6.10. The average Bonchev–Trinajstić information content (AvgIpc) is 2.86. The Hall–Kier alpha value is -2.55. The summed E-state index contributed by atoms with van der Waals surface area (Å²) in [6.45, 7) is 2.77. The van der Waals surface area contributed by atoms with E-state index in [0.717, 1.165) is 17.0 Å². The van der Waals surface area contributed by atoms with Crippen LogP contribution in [-0.4, -0.2) is 46.5 Å². The summed E-state index contributed by atoms with van der Waals surface area (Å²) in [5.41, 5.74) is -0.905. The van der Waals surface area contributed by atoms with E-state index >= 15 is 0 Å². The van der Waals surface area contributed by atoms with Crippen LogP contribution in [0.1, 0.15) is 38.4 Å². The second kappa shape index (κ2) is 7.77. The Morgan fingerprint density at radius 3 is 2.46 bits per heavy atom. The summed E-state index contributed by atoms with van der Waals surface area (Å²) >= 11 is 0. The number of benzene rings is 1. The van der Waals surface area contributed by atoms with E-state index in [1.54, 1.807) is 13.8 Å². The zero-order chi connectivity index (χ0) is 19.5. The third-order valence-electron chi connectivity index (χ3n) is 4.58. The zero-order valence-electron chi connectivity index (χ0n) is 14.5. The Bertz CT molecular complexity index is 722. The first kappa shape index (κ1) is 19.8. The fraction of sp³-hybridized carbons (Fsp3) is 0.471. The van der Waals surface area contributed by atoms with E-state index in [1.807, 2.05) is 0 Å². The summed E-state index contributed by atoms with van der Waals surface area (Å²) in [5, 5.41) is 14.9. The van der Waals surface area contributed by atoms with Gasteiger partial charge in [0.2, 0.25) is 5.91 Å². The minimum Gasteiger partial charge on any atom is -0.387 e. The van der Waals surface area contributed by atoms with Crippen molar-refractivity contribution >= 4 is 17.8 Å². The molecule has 26 heavy (non-hydrogen) atoms. The van der Waals surface area contributed by atoms with Crippen molar-refractivity contribution in [3.63, 3.8) is 0 Å². The normalized spacial score (nSPS) is 17.2. The topological polar surface area (TPSA) is 98.7 Å². The highest BCUT2D eigenvalue weighted by Crippen LogP contribution is 2.24. The van der Waals surface area contributed by atoms with Crippen LogP contribution in [0, 0.1) is 11.6 Å². The summed E-state index contributed by atoms with van der Waals surface area (Å²) in [7, 11) is 0. The van der Waals surface area contributed by atoms with Gasteiger partial charge in [0.25, 0.3) is 5.91 Å². The number of hydrogen-bond acceptors (Lipinski definition) is 4. The van der Waals surface area contributed by atoms with Crippen molar-refractivity contribution in [2.45, 2.75) is 38.3 Å². The van der Waals surface area contributed by atoms with Crippen molar-refractivity contribution in [1.82, 2.24) is 15.5 Å². The monoisotopic (exact) mass is 369 g/mol. The zero-order valence-corrected chi connectivity index (χ0v) is 14.5. The SMILES string of the molecule is CCC1(CC)NC(=O)N(CC(=O)NCC(O)c2ccc(F)c(F)c2)C1=O. The number of urea groups is 1. The first-order chi connectivity index (χ1) is 12.2. The molecule has 0 bridgehead atoms. The molecule has 1 atom stereocenters. The molecule has 2 rings (SSSR count). The number of nitrogens with one attached hydrogen (secondary N) is 2. The minimum atomic E-state index is -1.26. The highest BCUT2D eigenvalue weighted by Gasteiger charge is 2.49. The molecule has 0 saturated carbocycles. The van der Waals surface area contributed by atoms with E-state index in [9.17, 15) is 28.3 Å². The number of amides is 4. The molecule has 9 heteroatoms. The van der Waals surface area contributed by atoms with Gasteiger partial charge in [0.15, 0.2) is 11.6 Å². The predicted octanol–water partition coefficient (Wildman–Crippen LogP) is 1.22. The first-order valence-electron chi connectivity index (χ1n) is 8.28. The molecule has 1 heterocycles. The van der Waals surface area contributed by atoms with Gasteiger partial charge in [-0.1, -0.05) is 19.9 Å². The Morgan fingerprint density at radius 2 is 1.92 bits per heavy atom. The maximum absolute atomic E-state index is 13.2. The van der Waals surface area contributed by atoms with E-state index in [0.29, 0.717) is 12.8 Å². The molecule has 0 radical (unpaired) electrons. The fourth-order valence-electron chi connectivity index (χ4n) is 2.80. The Kier molecular flexibility index (Phi) is 5.91. The standard InChI is InChI=1S/C17H21F2N3O4/c1-3-17(4-2)15(25)22(16(26)21-17)9-14(24)20-8-13(23)10-5-6-11(18)12(19)7-10/h5-7,13,23H,3-4,8-9H2,1-2H3,(H,20,24)(H,21,26). The Balaban J connectivity index is 1.93. The maximum atomic E-state index is 13.2. The molecule has 1 aromatic carbocycles. The first-order valence-corrected chi connectivity index (χ1v) is 8.28. The van der Waals surface area contributed by atoms with Gasteiger partial charge in [0.05, 0.1) is 6.10 Å². The van der Waals surface area contributed by atoms with E-state index in [1.165, 1.54) is 6.07 Å². The number of halogens is 2. The van der Waals surface area contributed by atoms with Crippen LogP contribution in [0.25, 0.3) is 0 Å². The summed E-state index contributed by atoms with van der Waals surface area (Å²) in [6, 6.07) is 2.26. The highest BCUT2D eigenvalue weighted by molar-refractivity contribution is 6.08. The summed E-state index contributed by atoms with van der Waals surface area (Å²) in [4.78, 5) is 37.2. The van der Waals surface area contributed by atoms with Gasteiger partial charge < -0.3 is 15.7 Å². The van der Waals surface area contributed by atoms with E-state index < -0.39 is 47.7 Å². The van der Waals surface area contributed by atoms with Crippen LogP contribution in [0.4, 0.5) is 13.6 Å². The van der Waals surface area contributed by atoms with Gasteiger partial charge in [-0.3, -0.25) is 14.5 Å². The number of hydrogen-bond donors (Lipinski definition) is 3. The number of aliphatic hydroxyl groups excluding tert-OH is 1. The number of nitrogens with zero attached hydrogens (tertiary/aromatic N) is 1. The van der Waals surface area contributed by atoms with Crippen LogP contribution in [0.5, 0.6) is 0 Å². The molecule has 1 fully saturated rings. The summed E-state index contributed by atoms with van der Waals surface area (Å²) < 4.78 is 26.1. The fourth-order valence-corrected chi connectivity index (χ4v) is 2.80. The van der Waals surface area contributed by atoms with Crippen molar-refractivity contribution in [2.24, 2.45) is 0 Å². The van der Waals surface area contributed by atoms with Crippen LogP contribution in [0.15, 0.2) is 18.2 Å².